The minimum absolute atomic E-state index is 0.0754. The predicted molar refractivity (Wildman–Crippen MR) is 118 cm³/mol. The lowest BCUT2D eigenvalue weighted by Crippen LogP contribution is -2.46. The first-order valence-corrected chi connectivity index (χ1v) is 12.9. The Morgan fingerprint density at radius 3 is 2.63 bits per heavy atom. The fraction of sp³-hybridized carbons (Fsp3) is 0.500. The number of amides is 1. The fourth-order valence-electron chi connectivity index (χ4n) is 4.29. The maximum absolute atomic E-state index is 12.8. The molecule has 1 saturated heterocycles. The average Bonchev–Trinajstić information content (AvgIpc) is 3.18. The molecule has 1 aromatic carbocycles. The van der Waals surface area contributed by atoms with Gasteiger partial charge in [0.15, 0.2) is 9.84 Å². The summed E-state index contributed by atoms with van der Waals surface area (Å²) in [5.41, 5.74) is 1.84. The zero-order chi connectivity index (χ0) is 21.4. The van der Waals surface area contributed by atoms with Crippen molar-refractivity contribution in [1.82, 2.24) is 10.6 Å². The third kappa shape index (κ3) is 4.19. The lowest BCUT2D eigenvalue weighted by molar-refractivity contribution is -0.117. The van der Waals surface area contributed by atoms with E-state index in [1.54, 1.807) is 42.5 Å². The van der Waals surface area contributed by atoms with Crippen molar-refractivity contribution in [1.29, 1.82) is 0 Å². The van der Waals surface area contributed by atoms with Crippen molar-refractivity contribution in [2.24, 2.45) is 0 Å². The van der Waals surface area contributed by atoms with E-state index in [0.29, 0.717) is 16.3 Å². The summed E-state index contributed by atoms with van der Waals surface area (Å²) in [7, 11) is -3.21. The van der Waals surface area contributed by atoms with E-state index < -0.39 is 9.84 Å². The maximum Gasteiger partial charge on any atom is 0.261 e. The van der Waals surface area contributed by atoms with Gasteiger partial charge in [0.1, 0.15) is 5.60 Å². The van der Waals surface area contributed by atoms with E-state index in [9.17, 15) is 13.2 Å². The molecule has 2 aliphatic rings. The molecule has 2 aromatic rings. The van der Waals surface area contributed by atoms with Gasteiger partial charge in [-0.2, -0.15) is 0 Å². The molecule has 0 unspecified atom stereocenters. The molecule has 1 fully saturated rings. The normalized spacial score (nSPS) is 20.7. The Bertz CT molecular complexity index is 1020. The third-order valence-corrected chi connectivity index (χ3v) is 9.02. The summed E-state index contributed by atoms with van der Waals surface area (Å²) in [6.45, 7) is 5.94. The van der Waals surface area contributed by atoms with Crippen molar-refractivity contribution in [3.8, 4) is 0 Å². The van der Waals surface area contributed by atoms with Gasteiger partial charge < -0.3 is 15.4 Å². The zero-order valence-electron chi connectivity index (χ0n) is 17.4. The molecule has 3 heterocycles. The first-order chi connectivity index (χ1) is 14.3. The molecule has 2 aliphatic heterocycles. The predicted octanol–water partition coefficient (Wildman–Crippen LogP) is 3.01. The highest BCUT2D eigenvalue weighted by molar-refractivity contribution is 7.91. The monoisotopic (exact) mass is 448 g/mol. The Kier molecular flexibility index (Phi) is 6.03. The molecule has 2 N–H and O–H groups in total. The highest BCUT2D eigenvalue weighted by atomic mass is 32.2. The lowest BCUT2D eigenvalue weighted by atomic mass is 9.84. The van der Waals surface area contributed by atoms with Crippen molar-refractivity contribution in [3.05, 3.63) is 51.2 Å². The van der Waals surface area contributed by atoms with Crippen molar-refractivity contribution in [2.75, 3.05) is 18.8 Å². The fourth-order valence-corrected chi connectivity index (χ4v) is 6.48. The number of piperidine rings is 1. The van der Waals surface area contributed by atoms with Gasteiger partial charge in [-0.25, -0.2) is 8.42 Å². The van der Waals surface area contributed by atoms with Gasteiger partial charge in [0.25, 0.3) is 5.91 Å². The maximum atomic E-state index is 12.8. The third-order valence-electron chi connectivity index (χ3n) is 5.91. The summed E-state index contributed by atoms with van der Waals surface area (Å²) in [5, 5.41) is 6.36. The van der Waals surface area contributed by atoms with Crippen LogP contribution in [0.25, 0.3) is 0 Å². The number of fused-ring (bicyclic) bond motifs is 2. The number of nitrogens with one attached hydrogen (secondary N) is 2. The van der Waals surface area contributed by atoms with Gasteiger partial charge in [0.05, 0.1) is 21.6 Å². The number of hydrogen-bond acceptors (Lipinski definition) is 6. The van der Waals surface area contributed by atoms with E-state index in [1.165, 1.54) is 10.4 Å². The quantitative estimate of drug-likeness (QED) is 0.735. The molecule has 1 spiro atoms. The van der Waals surface area contributed by atoms with Gasteiger partial charge in [-0.15, -0.1) is 11.3 Å². The van der Waals surface area contributed by atoms with E-state index in [4.69, 9.17) is 4.74 Å². The van der Waals surface area contributed by atoms with E-state index in [1.807, 2.05) is 6.07 Å². The highest BCUT2D eigenvalue weighted by Gasteiger charge is 2.43. The SMILES string of the molecule is CCS(=O)(=O)c1ccc(CNC(=O)c2cc3c(s2)C2(CCNCC2)O[C@H](C)C3)cc1. The van der Waals surface area contributed by atoms with Crippen LogP contribution in [-0.4, -0.2) is 39.3 Å². The summed E-state index contributed by atoms with van der Waals surface area (Å²) in [5.74, 6) is -0.0252. The Balaban J connectivity index is 1.47. The van der Waals surface area contributed by atoms with Gasteiger partial charge in [-0.1, -0.05) is 19.1 Å². The Hall–Kier alpha value is -1.74. The van der Waals surface area contributed by atoms with E-state index >= 15 is 0 Å². The van der Waals surface area contributed by atoms with Crippen molar-refractivity contribution in [3.63, 3.8) is 0 Å². The molecule has 1 amide bonds. The van der Waals surface area contributed by atoms with Crippen LogP contribution in [0.2, 0.25) is 0 Å². The van der Waals surface area contributed by atoms with Crippen LogP contribution in [0.4, 0.5) is 0 Å². The number of ether oxygens (including phenoxy) is 1. The van der Waals surface area contributed by atoms with Gasteiger partial charge >= 0.3 is 0 Å². The summed E-state index contributed by atoms with van der Waals surface area (Å²) in [6, 6.07) is 8.73. The van der Waals surface area contributed by atoms with Crippen molar-refractivity contribution < 1.29 is 17.9 Å². The molecule has 1 atom stereocenters. The van der Waals surface area contributed by atoms with Crippen molar-refractivity contribution in [2.45, 2.75) is 56.3 Å². The Labute approximate surface area is 181 Å². The molecular formula is C22H28N2O4S2. The standard InChI is InChI=1S/C22H28N2O4S2/c1-3-30(26,27)18-6-4-16(5-7-18)14-24-21(25)19-13-17-12-15(2)28-22(20(17)29-19)8-10-23-11-9-22/h4-7,13,15,23H,3,8-12,14H2,1-2H3,(H,24,25)/t15-/m1/s1. The molecule has 0 bridgehead atoms. The van der Waals surface area contributed by atoms with Crippen LogP contribution >= 0.6 is 11.3 Å². The molecule has 162 valence electrons. The second-order valence-electron chi connectivity index (χ2n) is 8.07. The van der Waals surface area contributed by atoms with Crippen LogP contribution in [0.5, 0.6) is 0 Å². The number of carbonyl (C=O) groups is 1. The second kappa shape index (κ2) is 8.42. The van der Waals surface area contributed by atoms with Crippen LogP contribution in [0.15, 0.2) is 35.2 Å². The molecule has 0 radical (unpaired) electrons. The van der Waals surface area contributed by atoms with E-state index in [2.05, 4.69) is 17.6 Å². The highest BCUT2D eigenvalue weighted by Crippen LogP contribution is 2.46. The van der Waals surface area contributed by atoms with E-state index in [0.717, 1.165) is 37.9 Å². The summed E-state index contributed by atoms with van der Waals surface area (Å²) in [6.07, 6.45) is 2.85. The number of carbonyl (C=O) groups excluding carboxylic acids is 1. The Morgan fingerprint density at radius 1 is 1.27 bits per heavy atom. The largest absolute Gasteiger partial charge is 0.366 e. The van der Waals surface area contributed by atoms with Crippen molar-refractivity contribution >= 4 is 27.1 Å². The number of rotatable bonds is 5. The van der Waals surface area contributed by atoms with Crippen LogP contribution in [-0.2, 0) is 33.1 Å². The summed E-state index contributed by atoms with van der Waals surface area (Å²) in [4.78, 5) is 15.0. The van der Waals surface area contributed by atoms with Crippen LogP contribution in [0, 0.1) is 0 Å². The number of hydrogen-bond donors (Lipinski definition) is 2. The minimum Gasteiger partial charge on any atom is -0.366 e. The molecule has 1 aromatic heterocycles. The molecule has 30 heavy (non-hydrogen) atoms. The number of sulfone groups is 1. The number of benzene rings is 1. The first kappa shape index (κ1) is 21.5. The van der Waals surface area contributed by atoms with Gasteiger partial charge in [-0.3, -0.25) is 4.79 Å². The molecule has 8 heteroatoms. The van der Waals surface area contributed by atoms with Crippen LogP contribution in [0.1, 0.15) is 52.4 Å². The van der Waals surface area contributed by atoms with Crippen LogP contribution in [0.3, 0.4) is 0 Å². The average molecular weight is 449 g/mol. The smallest absolute Gasteiger partial charge is 0.261 e. The van der Waals surface area contributed by atoms with Gasteiger partial charge in [0.2, 0.25) is 0 Å². The summed E-state index contributed by atoms with van der Waals surface area (Å²) < 4.78 is 30.3. The summed E-state index contributed by atoms with van der Waals surface area (Å²) >= 11 is 1.55. The molecule has 6 nitrogen and oxygen atoms in total. The molecule has 0 aliphatic carbocycles. The number of thiophene rings is 1. The first-order valence-electron chi connectivity index (χ1n) is 10.4. The van der Waals surface area contributed by atoms with Gasteiger partial charge in [-0.05, 0) is 68.6 Å². The molecular weight excluding hydrogens is 420 g/mol. The topological polar surface area (TPSA) is 84.5 Å². The van der Waals surface area contributed by atoms with Gasteiger partial charge in [0, 0.05) is 11.4 Å². The second-order valence-corrected chi connectivity index (χ2v) is 11.4. The Morgan fingerprint density at radius 2 is 1.97 bits per heavy atom. The molecule has 0 saturated carbocycles. The molecule has 4 rings (SSSR count). The zero-order valence-corrected chi connectivity index (χ0v) is 19.0. The van der Waals surface area contributed by atoms with Crippen LogP contribution < -0.4 is 10.6 Å². The van der Waals surface area contributed by atoms with E-state index in [-0.39, 0.29) is 23.4 Å². The minimum atomic E-state index is -3.21. The lowest BCUT2D eigenvalue weighted by Gasteiger charge is -2.43.